The molecule has 0 aromatic heterocycles. The number of aryl methyl sites for hydroxylation is 1. The second kappa shape index (κ2) is 5.31. The lowest BCUT2D eigenvalue weighted by molar-refractivity contribution is -0.117. The van der Waals surface area contributed by atoms with E-state index in [1.165, 1.54) is 0 Å². The minimum absolute atomic E-state index is 0.0630. The molecule has 4 heteroatoms. The van der Waals surface area contributed by atoms with Crippen molar-refractivity contribution in [2.24, 2.45) is 5.73 Å². The Balaban J connectivity index is 2.60. The second-order valence-electron chi connectivity index (χ2n) is 3.03. The maximum absolute atomic E-state index is 11.0. The minimum Gasteiger partial charge on any atom is -0.507 e. The number of carbonyl (C=O) groups excluding carboxylic acids is 1. The second-order valence-corrected chi connectivity index (χ2v) is 4.19. The van der Waals surface area contributed by atoms with E-state index in [1.807, 2.05) is 12.1 Å². The van der Waals surface area contributed by atoms with Crippen molar-refractivity contribution in [2.45, 2.75) is 12.8 Å². The predicted molar refractivity (Wildman–Crippen MR) is 63.2 cm³/mol. The van der Waals surface area contributed by atoms with Crippen molar-refractivity contribution in [2.75, 3.05) is 6.54 Å². The molecule has 0 fully saturated rings. The third-order valence-corrected chi connectivity index (χ3v) is 2.80. The van der Waals surface area contributed by atoms with Crippen LogP contribution in [-0.2, 0) is 11.2 Å². The monoisotopic (exact) mass is 305 g/mol. The van der Waals surface area contributed by atoms with Gasteiger partial charge < -0.3 is 10.8 Å². The van der Waals surface area contributed by atoms with E-state index >= 15 is 0 Å². The molecule has 0 atom stereocenters. The first-order valence-corrected chi connectivity index (χ1v) is 5.40. The number of phenols is 1. The SMILES string of the molecule is NCC(=O)CCc1ccc(O)c(I)c1. The van der Waals surface area contributed by atoms with Crippen LogP contribution in [0, 0.1) is 3.57 Å². The highest BCUT2D eigenvalue weighted by atomic mass is 127. The molecule has 0 unspecified atom stereocenters. The zero-order valence-corrected chi connectivity index (χ0v) is 9.82. The first-order valence-electron chi connectivity index (χ1n) is 4.32. The number of benzene rings is 1. The van der Waals surface area contributed by atoms with Crippen molar-refractivity contribution < 1.29 is 9.90 Å². The summed E-state index contributed by atoms with van der Waals surface area (Å²) in [5.74, 6) is 0.340. The molecule has 1 aromatic carbocycles. The summed E-state index contributed by atoms with van der Waals surface area (Å²) in [5.41, 5.74) is 6.25. The van der Waals surface area contributed by atoms with Gasteiger partial charge >= 0.3 is 0 Å². The Labute approximate surface area is 96.4 Å². The molecule has 14 heavy (non-hydrogen) atoms. The van der Waals surface area contributed by atoms with E-state index in [2.05, 4.69) is 22.6 Å². The van der Waals surface area contributed by atoms with Gasteiger partial charge in [-0.05, 0) is 46.7 Å². The number of Topliss-reactive ketones (excluding diaryl/α,β-unsaturated/α-hetero) is 1. The average molecular weight is 305 g/mol. The summed E-state index contributed by atoms with van der Waals surface area (Å²) in [6.45, 7) is 0.106. The van der Waals surface area contributed by atoms with Crippen LogP contribution < -0.4 is 5.73 Å². The number of hydrogen-bond acceptors (Lipinski definition) is 3. The summed E-state index contributed by atoms with van der Waals surface area (Å²) >= 11 is 2.06. The van der Waals surface area contributed by atoms with Crippen LogP contribution in [0.2, 0.25) is 0 Å². The van der Waals surface area contributed by atoms with Gasteiger partial charge in [0.2, 0.25) is 0 Å². The molecular weight excluding hydrogens is 293 g/mol. The summed E-state index contributed by atoms with van der Waals surface area (Å²) in [6, 6.07) is 5.34. The summed E-state index contributed by atoms with van der Waals surface area (Å²) in [7, 11) is 0. The lowest BCUT2D eigenvalue weighted by Crippen LogP contribution is -2.13. The molecule has 0 radical (unpaired) electrons. The van der Waals surface area contributed by atoms with E-state index in [1.54, 1.807) is 6.07 Å². The topological polar surface area (TPSA) is 63.3 Å². The molecule has 0 saturated carbocycles. The van der Waals surface area contributed by atoms with Crippen LogP contribution in [0.1, 0.15) is 12.0 Å². The third kappa shape index (κ3) is 3.26. The molecule has 0 aliphatic carbocycles. The number of hydrogen-bond donors (Lipinski definition) is 2. The van der Waals surface area contributed by atoms with Crippen LogP contribution in [-0.4, -0.2) is 17.4 Å². The molecule has 0 aliphatic rings. The van der Waals surface area contributed by atoms with E-state index < -0.39 is 0 Å². The maximum atomic E-state index is 11.0. The molecule has 0 amide bonds. The average Bonchev–Trinajstić information content (AvgIpc) is 2.19. The van der Waals surface area contributed by atoms with E-state index in [0.29, 0.717) is 12.8 Å². The zero-order valence-electron chi connectivity index (χ0n) is 7.66. The Kier molecular flexibility index (Phi) is 4.34. The fourth-order valence-electron chi connectivity index (χ4n) is 1.09. The van der Waals surface area contributed by atoms with Crippen molar-refractivity contribution in [3.05, 3.63) is 27.3 Å². The van der Waals surface area contributed by atoms with E-state index in [0.717, 1.165) is 9.13 Å². The highest BCUT2D eigenvalue weighted by molar-refractivity contribution is 14.1. The number of nitrogens with two attached hydrogens (primary N) is 1. The van der Waals surface area contributed by atoms with E-state index in [-0.39, 0.29) is 18.1 Å². The summed E-state index contributed by atoms with van der Waals surface area (Å²) in [4.78, 5) is 11.0. The molecule has 0 aliphatic heterocycles. The quantitative estimate of drug-likeness (QED) is 0.828. The van der Waals surface area contributed by atoms with Gasteiger partial charge in [-0.15, -0.1) is 0 Å². The standard InChI is InChI=1S/C10H12INO2/c11-9-5-7(2-4-10(9)14)1-3-8(13)6-12/h2,4-5,14H,1,3,6,12H2. The van der Waals surface area contributed by atoms with E-state index in [4.69, 9.17) is 5.73 Å². The fourth-order valence-corrected chi connectivity index (χ4v) is 1.67. The number of phenolic OH excluding ortho intramolecular Hbond substituents is 1. The molecular formula is C10H12INO2. The lowest BCUT2D eigenvalue weighted by atomic mass is 10.1. The molecule has 3 N–H and O–H groups in total. The predicted octanol–water partition coefficient (Wildman–Crippen LogP) is 1.46. The van der Waals surface area contributed by atoms with Crippen molar-refractivity contribution >= 4 is 28.4 Å². The lowest BCUT2D eigenvalue weighted by Gasteiger charge is -2.02. The number of carbonyl (C=O) groups is 1. The molecule has 3 nitrogen and oxygen atoms in total. The van der Waals surface area contributed by atoms with Gasteiger partial charge in [0.1, 0.15) is 11.5 Å². The molecule has 0 spiro atoms. The summed E-state index contributed by atoms with van der Waals surface area (Å²) in [6.07, 6.45) is 1.16. The van der Waals surface area contributed by atoms with Crippen LogP contribution in [0.4, 0.5) is 0 Å². The van der Waals surface area contributed by atoms with Crippen molar-refractivity contribution in [3.63, 3.8) is 0 Å². The normalized spacial score (nSPS) is 10.1. The molecule has 0 heterocycles. The van der Waals surface area contributed by atoms with Crippen LogP contribution in [0.5, 0.6) is 5.75 Å². The first kappa shape index (κ1) is 11.5. The van der Waals surface area contributed by atoms with Gasteiger partial charge in [-0.1, -0.05) is 6.07 Å². The fraction of sp³-hybridized carbons (Fsp3) is 0.300. The number of ketones is 1. The van der Waals surface area contributed by atoms with Gasteiger partial charge in [0.25, 0.3) is 0 Å². The Hall–Kier alpha value is -0.620. The molecule has 0 bridgehead atoms. The van der Waals surface area contributed by atoms with E-state index in [9.17, 15) is 9.90 Å². The minimum atomic E-state index is 0.0630. The van der Waals surface area contributed by atoms with Crippen LogP contribution >= 0.6 is 22.6 Å². The maximum Gasteiger partial charge on any atom is 0.146 e. The van der Waals surface area contributed by atoms with Gasteiger partial charge in [0, 0.05) is 6.42 Å². The zero-order chi connectivity index (χ0) is 10.6. The van der Waals surface area contributed by atoms with Crippen molar-refractivity contribution in [1.82, 2.24) is 0 Å². The van der Waals surface area contributed by atoms with Gasteiger partial charge in [-0.3, -0.25) is 4.79 Å². The molecule has 0 saturated heterocycles. The smallest absolute Gasteiger partial charge is 0.146 e. The van der Waals surface area contributed by atoms with Gasteiger partial charge in [0.15, 0.2) is 0 Å². The number of aromatic hydroxyl groups is 1. The van der Waals surface area contributed by atoms with Crippen molar-refractivity contribution in [1.29, 1.82) is 0 Å². The van der Waals surface area contributed by atoms with Gasteiger partial charge in [-0.25, -0.2) is 0 Å². The molecule has 1 aromatic rings. The number of rotatable bonds is 4. The van der Waals surface area contributed by atoms with Crippen LogP contribution in [0.25, 0.3) is 0 Å². The highest BCUT2D eigenvalue weighted by Crippen LogP contribution is 2.20. The summed E-state index contributed by atoms with van der Waals surface area (Å²) in [5, 5.41) is 9.27. The van der Waals surface area contributed by atoms with Crippen molar-refractivity contribution in [3.8, 4) is 5.75 Å². The Morgan fingerprint density at radius 1 is 1.50 bits per heavy atom. The Morgan fingerprint density at radius 3 is 2.79 bits per heavy atom. The third-order valence-electron chi connectivity index (χ3n) is 1.93. The molecule has 76 valence electrons. The van der Waals surface area contributed by atoms with Crippen LogP contribution in [0.3, 0.4) is 0 Å². The number of halogens is 1. The first-order chi connectivity index (χ1) is 6.63. The Bertz CT molecular complexity index is 339. The van der Waals surface area contributed by atoms with Gasteiger partial charge in [-0.2, -0.15) is 0 Å². The molecule has 1 rings (SSSR count). The highest BCUT2D eigenvalue weighted by Gasteiger charge is 2.02. The summed E-state index contributed by atoms with van der Waals surface area (Å²) < 4.78 is 0.806. The van der Waals surface area contributed by atoms with Crippen LogP contribution in [0.15, 0.2) is 18.2 Å². The van der Waals surface area contributed by atoms with Gasteiger partial charge in [0.05, 0.1) is 10.1 Å². The largest absolute Gasteiger partial charge is 0.507 e. The Morgan fingerprint density at radius 2 is 2.21 bits per heavy atom.